The number of hydrogen-bond acceptors (Lipinski definition) is 4. The fraction of sp³-hybridized carbons (Fsp3) is 0.409. The number of ether oxygens (including phenoxy) is 2. The van der Waals surface area contributed by atoms with Crippen molar-refractivity contribution in [3.8, 4) is 5.75 Å². The Morgan fingerprint density at radius 1 is 1.03 bits per heavy atom. The van der Waals surface area contributed by atoms with Crippen LogP contribution in [0.25, 0.3) is 0 Å². The third-order valence-electron chi connectivity index (χ3n) is 4.88. The van der Waals surface area contributed by atoms with Gasteiger partial charge in [0.1, 0.15) is 5.75 Å². The predicted octanol–water partition coefficient (Wildman–Crippen LogP) is 3.01. The summed E-state index contributed by atoms with van der Waals surface area (Å²) in [7, 11) is 3.47. The highest BCUT2D eigenvalue weighted by molar-refractivity contribution is 14.0. The highest BCUT2D eigenvalue weighted by Crippen LogP contribution is 2.14. The second-order valence-electron chi connectivity index (χ2n) is 6.79. The van der Waals surface area contributed by atoms with E-state index in [4.69, 9.17) is 9.47 Å². The van der Waals surface area contributed by atoms with Crippen LogP contribution < -0.4 is 15.4 Å². The molecule has 0 saturated carbocycles. The standard InChI is InChI=1S/C22H30N4O2.HI/c1-23-22(24-15-18-6-5-9-21(14-18)27-2)25-16-19-7-3-4-8-20(19)17-26-10-12-28-13-11-26;/h3-9,14H,10-13,15-17H2,1-2H3,(H2,23,24,25);1H. The summed E-state index contributed by atoms with van der Waals surface area (Å²) in [6.07, 6.45) is 0. The summed E-state index contributed by atoms with van der Waals surface area (Å²) < 4.78 is 10.7. The van der Waals surface area contributed by atoms with E-state index >= 15 is 0 Å². The summed E-state index contributed by atoms with van der Waals surface area (Å²) in [6.45, 7) is 6.00. The molecule has 2 aromatic rings. The summed E-state index contributed by atoms with van der Waals surface area (Å²) in [4.78, 5) is 6.78. The normalized spacial score (nSPS) is 14.8. The van der Waals surface area contributed by atoms with Crippen molar-refractivity contribution in [1.29, 1.82) is 0 Å². The first kappa shape index (κ1) is 23.4. The third kappa shape index (κ3) is 7.49. The zero-order valence-electron chi connectivity index (χ0n) is 17.2. The lowest BCUT2D eigenvalue weighted by Crippen LogP contribution is -2.37. The zero-order chi connectivity index (χ0) is 19.6. The lowest BCUT2D eigenvalue weighted by molar-refractivity contribution is 0.0341. The fourth-order valence-corrected chi connectivity index (χ4v) is 3.25. The van der Waals surface area contributed by atoms with Crippen LogP contribution in [0.3, 0.4) is 0 Å². The molecule has 2 N–H and O–H groups in total. The van der Waals surface area contributed by atoms with Gasteiger partial charge >= 0.3 is 0 Å². The summed E-state index contributed by atoms with van der Waals surface area (Å²) in [5, 5.41) is 6.79. The summed E-state index contributed by atoms with van der Waals surface area (Å²) in [5.41, 5.74) is 3.79. The molecule has 6 nitrogen and oxygen atoms in total. The van der Waals surface area contributed by atoms with E-state index in [1.807, 2.05) is 18.2 Å². The first-order chi connectivity index (χ1) is 13.8. The molecule has 1 heterocycles. The topological polar surface area (TPSA) is 58.1 Å². The molecule has 29 heavy (non-hydrogen) atoms. The Balaban J connectivity index is 0.00000300. The van der Waals surface area contributed by atoms with E-state index in [0.29, 0.717) is 6.54 Å². The highest BCUT2D eigenvalue weighted by atomic mass is 127. The van der Waals surface area contributed by atoms with E-state index in [2.05, 4.69) is 50.9 Å². The van der Waals surface area contributed by atoms with Crippen LogP contribution in [0.5, 0.6) is 5.75 Å². The van der Waals surface area contributed by atoms with Crippen molar-refractivity contribution in [3.63, 3.8) is 0 Å². The van der Waals surface area contributed by atoms with Crippen molar-refractivity contribution >= 4 is 29.9 Å². The average Bonchev–Trinajstić information content (AvgIpc) is 2.76. The third-order valence-corrected chi connectivity index (χ3v) is 4.88. The molecular formula is C22H31IN4O2. The van der Waals surface area contributed by atoms with Crippen LogP contribution in [-0.2, 0) is 24.4 Å². The molecule has 2 aromatic carbocycles. The lowest BCUT2D eigenvalue weighted by atomic mass is 10.1. The van der Waals surface area contributed by atoms with Crippen LogP contribution in [0.4, 0.5) is 0 Å². The second-order valence-corrected chi connectivity index (χ2v) is 6.79. The van der Waals surface area contributed by atoms with Crippen LogP contribution in [0, 0.1) is 0 Å². The number of nitrogens with one attached hydrogen (secondary N) is 2. The molecule has 0 aliphatic carbocycles. The minimum absolute atomic E-state index is 0. The Bertz CT molecular complexity index is 779. The minimum Gasteiger partial charge on any atom is -0.497 e. The van der Waals surface area contributed by atoms with Gasteiger partial charge in [-0.25, -0.2) is 0 Å². The van der Waals surface area contributed by atoms with Crippen LogP contribution >= 0.6 is 24.0 Å². The number of guanidine groups is 1. The molecule has 0 atom stereocenters. The maximum atomic E-state index is 5.45. The first-order valence-electron chi connectivity index (χ1n) is 9.73. The molecule has 0 amide bonds. The van der Waals surface area contributed by atoms with Crippen LogP contribution in [0.2, 0.25) is 0 Å². The van der Waals surface area contributed by atoms with Gasteiger partial charge in [0.05, 0.1) is 20.3 Å². The van der Waals surface area contributed by atoms with Gasteiger partial charge < -0.3 is 20.1 Å². The van der Waals surface area contributed by atoms with Gasteiger partial charge in [0.15, 0.2) is 5.96 Å². The summed E-state index contributed by atoms with van der Waals surface area (Å²) in [6, 6.07) is 16.6. The van der Waals surface area contributed by atoms with E-state index in [-0.39, 0.29) is 24.0 Å². The molecular weight excluding hydrogens is 479 g/mol. The molecule has 0 unspecified atom stereocenters. The lowest BCUT2D eigenvalue weighted by Gasteiger charge is -2.27. The SMILES string of the molecule is CN=C(NCc1cccc(OC)c1)NCc1ccccc1CN1CCOCC1.I. The average molecular weight is 510 g/mol. The zero-order valence-corrected chi connectivity index (χ0v) is 19.5. The highest BCUT2D eigenvalue weighted by Gasteiger charge is 2.12. The number of aliphatic imine (C=N–C) groups is 1. The molecule has 3 rings (SSSR count). The Kier molecular flexibility index (Phi) is 10.2. The van der Waals surface area contributed by atoms with Gasteiger partial charge in [0.2, 0.25) is 0 Å². The molecule has 0 spiro atoms. The Morgan fingerprint density at radius 2 is 1.76 bits per heavy atom. The first-order valence-corrected chi connectivity index (χ1v) is 9.73. The summed E-state index contributed by atoms with van der Waals surface area (Å²) in [5.74, 6) is 1.64. The van der Waals surface area contributed by atoms with Crippen molar-refractivity contribution in [2.45, 2.75) is 19.6 Å². The van der Waals surface area contributed by atoms with Crippen molar-refractivity contribution < 1.29 is 9.47 Å². The van der Waals surface area contributed by atoms with Crippen LogP contribution in [-0.4, -0.2) is 51.3 Å². The molecule has 1 saturated heterocycles. The Morgan fingerprint density at radius 3 is 2.48 bits per heavy atom. The number of benzene rings is 2. The van der Waals surface area contributed by atoms with Gasteiger partial charge in [-0.3, -0.25) is 9.89 Å². The molecule has 0 radical (unpaired) electrons. The van der Waals surface area contributed by atoms with E-state index < -0.39 is 0 Å². The maximum Gasteiger partial charge on any atom is 0.191 e. The van der Waals surface area contributed by atoms with Crippen molar-refractivity contribution in [3.05, 3.63) is 65.2 Å². The Hall–Kier alpha value is -1.84. The van der Waals surface area contributed by atoms with Gasteiger partial charge in [-0.1, -0.05) is 36.4 Å². The Labute approximate surface area is 190 Å². The van der Waals surface area contributed by atoms with Crippen LogP contribution in [0.1, 0.15) is 16.7 Å². The van der Waals surface area contributed by atoms with E-state index in [0.717, 1.165) is 56.7 Å². The van der Waals surface area contributed by atoms with Gasteiger partial charge in [-0.15, -0.1) is 24.0 Å². The molecule has 1 aliphatic rings. The molecule has 0 bridgehead atoms. The van der Waals surface area contributed by atoms with E-state index in [1.165, 1.54) is 11.1 Å². The summed E-state index contributed by atoms with van der Waals surface area (Å²) >= 11 is 0. The van der Waals surface area contributed by atoms with Gasteiger partial charge in [0, 0.05) is 39.8 Å². The van der Waals surface area contributed by atoms with Gasteiger partial charge in [0.25, 0.3) is 0 Å². The van der Waals surface area contributed by atoms with Crippen molar-refractivity contribution in [2.75, 3.05) is 40.5 Å². The predicted molar refractivity (Wildman–Crippen MR) is 128 cm³/mol. The molecule has 1 aliphatic heterocycles. The largest absolute Gasteiger partial charge is 0.497 e. The molecule has 7 heteroatoms. The monoisotopic (exact) mass is 510 g/mol. The molecule has 0 aromatic heterocycles. The number of nitrogens with zero attached hydrogens (tertiary/aromatic N) is 2. The second kappa shape index (κ2) is 12.7. The van der Waals surface area contributed by atoms with Gasteiger partial charge in [-0.2, -0.15) is 0 Å². The fourth-order valence-electron chi connectivity index (χ4n) is 3.25. The van der Waals surface area contributed by atoms with Crippen molar-refractivity contribution in [2.24, 2.45) is 4.99 Å². The minimum atomic E-state index is 0. The van der Waals surface area contributed by atoms with Crippen LogP contribution in [0.15, 0.2) is 53.5 Å². The number of hydrogen-bond donors (Lipinski definition) is 2. The van der Waals surface area contributed by atoms with Crippen molar-refractivity contribution in [1.82, 2.24) is 15.5 Å². The quantitative estimate of drug-likeness (QED) is 0.341. The number of morpholine rings is 1. The number of methoxy groups -OCH3 is 1. The van der Waals surface area contributed by atoms with Gasteiger partial charge in [-0.05, 0) is 28.8 Å². The number of rotatable bonds is 7. The van der Waals surface area contributed by atoms with E-state index in [1.54, 1.807) is 14.2 Å². The molecule has 1 fully saturated rings. The number of halogens is 1. The maximum absolute atomic E-state index is 5.45. The molecule has 158 valence electrons. The smallest absolute Gasteiger partial charge is 0.191 e. The van der Waals surface area contributed by atoms with E-state index in [9.17, 15) is 0 Å².